The van der Waals surface area contributed by atoms with Crippen LogP contribution in [0.1, 0.15) is 81.9 Å². The fourth-order valence-corrected chi connectivity index (χ4v) is 5.84. The Bertz CT molecular complexity index is 1060. The van der Waals surface area contributed by atoms with E-state index in [4.69, 9.17) is 4.74 Å². The number of fused-ring (bicyclic) bond motifs is 1. The summed E-state index contributed by atoms with van der Waals surface area (Å²) >= 11 is 0. The molecule has 2 aromatic carbocycles. The van der Waals surface area contributed by atoms with Crippen LogP contribution in [0.15, 0.2) is 48.5 Å². The van der Waals surface area contributed by atoms with E-state index < -0.39 is 0 Å². The molecule has 0 radical (unpaired) electrons. The van der Waals surface area contributed by atoms with Gasteiger partial charge < -0.3 is 15.4 Å². The molecule has 2 aliphatic rings. The standard InChI is InChI=1S/C33H47N3O3/c1-25(2)36-23-29-22-27(15-17-31(29)39-20-10-4-9-19-34-33(38)24-36)16-18-32(37)35-30-14-8-7-13-28(30)21-26-11-5-3-6-12-26/h3,5-6,11-12,15,17,22,25,28,30H,4,7-10,13-14,16,18-21,23-24H2,1-2H3,(H,34,38)(H,35,37). The second-order valence-corrected chi connectivity index (χ2v) is 11.6. The van der Waals surface area contributed by atoms with Gasteiger partial charge in [-0.15, -0.1) is 0 Å². The van der Waals surface area contributed by atoms with Gasteiger partial charge in [0.15, 0.2) is 0 Å². The zero-order valence-corrected chi connectivity index (χ0v) is 23.9. The fourth-order valence-electron chi connectivity index (χ4n) is 5.84. The molecule has 0 spiro atoms. The highest BCUT2D eigenvalue weighted by atomic mass is 16.5. The van der Waals surface area contributed by atoms with Gasteiger partial charge in [-0.3, -0.25) is 14.5 Å². The van der Waals surface area contributed by atoms with Crippen LogP contribution in [0.3, 0.4) is 0 Å². The Kier molecular flexibility index (Phi) is 11.3. The van der Waals surface area contributed by atoms with Gasteiger partial charge in [-0.2, -0.15) is 0 Å². The SMILES string of the molecule is CC(C)N1CC(=O)NCCCCCOc2ccc(CCC(=O)NC3CCCCC3Cc3ccccc3)cc2C1. The quantitative estimate of drug-likeness (QED) is 0.498. The Hall–Kier alpha value is -2.86. The first-order chi connectivity index (χ1) is 19.0. The van der Waals surface area contributed by atoms with Crippen LogP contribution in [-0.2, 0) is 29.0 Å². The number of benzene rings is 2. The fraction of sp³-hybridized carbons (Fsp3) is 0.576. The minimum absolute atomic E-state index is 0.0755. The molecule has 1 aliphatic heterocycles. The molecule has 6 nitrogen and oxygen atoms in total. The van der Waals surface area contributed by atoms with E-state index in [1.54, 1.807) is 0 Å². The summed E-state index contributed by atoms with van der Waals surface area (Å²) in [5.41, 5.74) is 3.58. The highest BCUT2D eigenvalue weighted by Gasteiger charge is 2.26. The molecule has 0 bridgehead atoms. The molecule has 1 saturated carbocycles. The number of nitrogens with one attached hydrogen (secondary N) is 2. The van der Waals surface area contributed by atoms with Crippen molar-refractivity contribution in [2.24, 2.45) is 5.92 Å². The molecule has 2 atom stereocenters. The van der Waals surface area contributed by atoms with Crippen molar-refractivity contribution in [1.29, 1.82) is 0 Å². The van der Waals surface area contributed by atoms with Crippen LogP contribution in [0.5, 0.6) is 5.75 Å². The molecule has 39 heavy (non-hydrogen) atoms. The van der Waals surface area contributed by atoms with E-state index >= 15 is 0 Å². The maximum atomic E-state index is 13.0. The van der Waals surface area contributed by atoms with Gasteiger partial charge in [-0.05, 0) is 81.9 Å². The van der Waals surface area contributed by atoms with Gasteiger partial charge in [0.25, 0.3) is 0 Å². The Morgan fingerprint density at radius 3 is 2.64 bits per heavy atom. The van der Waals surface area contributed by atoms with Gasteiger partial charge >= 0.3 is 0 Å². The van der Waals surface area contributed by atoms with E-state index in [9.17, 15) is 9.59 Å². The second-order valence-electron chi connectivity index (χ2n) is 11.6. The van der Waals surface area contributed by atoms with Crippen LogP contribution in [0.2, 0.25) is 0 Å². The third-order valence-electron chi connectivity index (χ3n) is 8.21. The number of rotatable bonds is 7. The second kappa shape index (κ2) is 15.1. The molecular weight excluding hydrogens is 486 g/mol. The van der Waals surface area contributed by atoms with Gasteiger partial charge in [0.2, 0.25) is 11.8 Å². The van der Waals surface area contributed by atoms with E-state index in [-0.39, 0.29) is 23.9 Å². The van der Waals surface area contributed by atoms with Crippen LogP contribution >= 0.6 is 0 Å². The molecule has 0 aromatic heterocycles. The van der Waals surface area contributed by atoms with Crippen LogP contribution in [0.25, 0.3) is 0 Å². The van der Waals surface area contributed by atoms with Crippen LogP contribution < -0.4 is 15.4 Å². The minimum Gasteiger partial charge on any atom is -0.493 e. The molecule has 6 heteroatoms. The van der Waals surface area contributed by atoms with Crippen molar-refractivity contribution in [3.05, 3.63) is 65.2 Å². The van der Waals surface area contributed by atoms with E-state index in [0.717, 1.165) is 55.5 Å². The maximum Gasteiger partial charge on any atom is 0.234 e. The Labute approximate surface area is 234 Å². The number of hydrogen-bond acceptors (Lipinski definition) is 4. The number of carbonyl (C=O) groups is 2. The summed E-state index contributed by atoms with van der Waals surface area (Å²) < 4.78 is 6.19. The largest absolute Gasteiger partial charge is 0.493 e. The molecule has 1 fully saturated rings. The van der Waals surface area contributed by atoms with Crippen molar-refractivity contribution in [1.82, 2.24) is 15.5 Å². The van der Waals surface area contributed by atoms with Gasteiger partial charge in [0.05, 0.1) is 13.2 Å². The number of aryl methyl sites for hydroxylation is 1. The molecule has 1 heterocycles. The van der Waals surface area contributed by atoms with E-state index in [1.807, 2.05) is 0 Å². The van der Waals surface area contributed by atoms with Crippen molar-refractivity contribution in [2.45, 2.75) is 96.7 Å². The molecule has 4 rings (SSSR count). The lowest BCUT2D eigenvalue weighted by Crippen LogP contribution is -2.43. The summed E-state index contributed by atoms with van der Waals surface area (Å²) in [5, 5.41) is 6.44. The molecule has 0 saturated heterocycles. The van der Waals surface area contributed by atoms with Crippen molar-refractivity contribution >= 4 is 11.8 Å². The molecule has 2 N–H and O–H groups in total. The zero-order chi connectivity index (χ0) is 27.5. The molecular formula is C33H47N3O3. The summed E-state index contributed by atoms with van der Waals surface area (Å²) in [6, 6.07) is 17.4. The number of ether oxygens (including phenoxy) is 1. The van der Waals surface area contributed by atoms with Gasteiger partial charge in [0.1, 0.15) is 5.75 Å². The van der Waals surface area contributed by atoms with Crippen LogP contribution in [0.4, 0.5) is 0 Å². The van der Waals surface area contributed by atoms with Crippen molar-refractivity contribution in [3.8, 4) is 5.75 Å². The predicted octanol–water partition coefficient (Wildman–Crippen LogP) is 5.43. The summed E-state index contributed by atoms with van der Waals surface area (Å²) in [6.07, 6.45) is 9.84. The highest BCUT2D eigenvalue weighted by molar-refractivity contribution is 5.78. The molecule has 1 aliphatic carbocycles. The number of amides is 2. The first kappa shape index (κ1) is 29.1. The zero-order valence-electron chi connectivity index (χ0n) is 23.9. The minimum atomic E-state index is 0.0755. The summed E-state index contributed by atoms with van der Waals surface area (Å²) in [6.45, 7) is 6.65. The Morgan fingerprint density at radius 1 is 1.00 bits per heavy atom. The van der Waals surface area contributed by atoms with Crippen LogP contribution in [-0.4, -0.2) is 48.5 Å². The lowest BCUT2D eigenvalue weighted by Gasteiger charge is -2.32. The van der Waals surface area contributed by atoms with E-state index in [0.29, 0.717) is 38.5 Å². The summed E-state index contributed by atoms with van der Waals surface area (Å²) in [4.78, 5) is 27.7. The third kappa shape index (κ3) is 9.38. The van der Waals surface area contributed by atoms with Crippen molar-refractivity contribution < 1.29 is 14.3 Å². The van der Waals surface area contributed by atoms with Crippen molar-refractivity contribution in [3.63, 3.8) is 0 Å². The highest BCUT2D eigenvalue weighted by Crippen LogP contribution is 2.28. The van der Waals surface area contributed by atoms with Crippen molar-refractivity contribution in [2.75, 3.05) is 19.7 Å². The topological polar surface area (TPSA) is 70.7 Å². The third-order valence-corrected chi connectivity index (χ3v) is 8.21. The molecule has 2 aromatic rings. The Balaban J connectivity index is 1.38. The Morgan fingerprint density at radius 2 is 1.82 bits per heavy atom. The van der Waals surface area contributed by atoms with Gasteiger partial charge in [0, 0.05) is 37.2 Å². The molecule has 212 valence electrons. The van der Waals surface area contributed by atoms with Gasteiger partial charge in [-0.25, -0.2) is 0 Å². The normalized spacial score (nSPS) is 21.5. The average Bonchev–Trinajstić information content (AvgIpc) is 2.94. The predicted molar refractivity (Wildman–Crippen MR) is 157 cm³/mol. The van der Waals surface area contributed by atoms with E-state index in [2.05, 4.69) is 77.9 Å². The number of nitrogens with zero attached hydrogens (tertiary/aromatic N) is 1. The average molecular weight is 534 g/mol. The van der Waals surface area contributed by atoms with E-state index in [1.165, 1.54) is 24.8 Å². The number of carbonyl (C=O) groups excluding carboxylic acids is 2. The van der Waals surface area contributed by atoms with Gasteiger partial charge in [-0.1, -0.05) is 55.3 Å². The lowest BCUT2D eigenvalue weighted by molar-refractivity contribution is -0.123. The smallest absolute Gasteiger partial charge is 0.234 e. The first-order valence-corrected chi connectivity index (χ1v) is 15.1. The first-order valence-electron chi connectivity index (χ1n) is 15.1. The lowest BCUT2D eigenvalue weighted by atomic mass is 9.80. The maximum absolute atomic E-state index is 13.0. The van der Waals surface area contributed by atoms with Crippen LogP contribution in [0, 0.1) is 5.92 Å². The molecule has 2 unspecified atom stereocenters. The molecule has 2 amide bonds. The number of hydrogen-bond donors (Lipinski definition) is 2. The summed E-state index contributed by atoms with van der Waals surface area (Å²) in [5.74, 6) is 1.61. The monoisotopic (exact) mass is 533 g/mol. The summed E-state index contributed by atoms with van der Waals surface area (Å²) in [7, 11) is 0.